The zero-order valence-electron chi connectivity index (χ0n) is 19.6. The number of hydrogen-bond acceptors (Lipinski definition) is 6. The predicted molar refractivity (Wildman–Crippen MR) is 127 cm³/mol. The summed E-state index contributed by atoms with van der Waals surface area (Å²) in [7, 11) is 2.59. The van der Waals surface area contributed by atoms with Crippen LogP contribution in [0.4, 0.5) is 5.69 Å². The molecule has 34 heavy (non-hydrogen) atoms. The van der Waals surface area contributed by atoms with E-state index in [4.69, 9.17) is 9.47 Å². The number of ether oxygens (including phenoxy) is 2. The van der Waals surface area contributed by atoms with E-state index in [1.165, 1.54) is 14.2 Å². The third-order valence-electron chi connectivity index (χ3n) is 6.38. The van der Waals surface area contributed by atoms with Gasteiger partial charge in [0.15, 0.2) is 0 Å². The van der Waals surface area contributed by atoms with Crippen LogP contribution in [-0.4, -0.2) is 49.6 Å². The summed E-state index contributed by atoms with van der Waals surface area (Å²) in [5.41, 5.74) is 3.00. The van der Waals surface area contributed by atoms with E-state index < -0.39 is 11.9 Å². The molecule has 7 heteroatoms. The van der Waals surface area contributed by atoms with Crippen LogP contribution in [0, 0.1) is 5.92 Å². The fourth-order valence-corrected chi connectivity index (χ4v) is 4.82. The van der Waals surface area contributed by atoms with Crippen LogP contribution in [-0.2, 0) is 30.4 Å². The van der Waals surface area contributed by atoms with Gasteiger partial charge in [0, 0.05) is 36.5 Å². The Morgan fingerprint density at radius 3 is 2.09 bits per heavy atom. The Hall–Kier alpha value is -3.87. The van der Waals surface area contributed by atoms with E-state index in [0.29, 0.717) is 36.2 Å². The van der Waals surface area contributed by atoms with Crippen molar-refractivity contribution in [1.82, 2.24) is 4.90 Å². The van der Waals surface area contributed by atoms with Gasteiger partial charge >= 0.3 is 11.9 Å². The maximum absolute atomic E-state index is 13.6. The molecule has 2 aliphatic rings. The van der Waals surface area contributed by atoms with Gasteiger partial charge in [-0.15, -0.1) is 0 Å². The lowest BCUT2D eigenvalue weighted by molar-refractivity contribution is -0.142. The molecule has 2 aromatic carbocycles. The standard InChI is InChI=1S/C27H28N2O5/c1-4-29(20-13-9-6-10-14-20)25(30)19-15-21-22(26(31)33-2)23(27(32)34-3)24(21)28(17-19)16-18-11-7-5-8-12-18/h5-14,17,21,24H,4,15-16H2,1-3H3/t21-,24-/m1/s1. The molecule has 0 N–H and O–H groups in total. The number of rotatable bonds is 7. The van der Waals surface area contributed by atoms with Crippen molar-refractivity contribution < 1.29 is 23.9 Å². The molecule has 0 saturated heterocycles. The number of carbonyl (C=O) groups is 3. The number of anilines is 1. The van der Waals surface area contributed by atoms with Crippen molar-refractivity contribution in [2.24, 2.45) is 5.92 Å². The van der Waals surface area contributed by atoms with Gasteiger partial charge in [0.05, 0.1) is 31.4 Å². The van der Waals surface area contributed by atoms with Crippen molar-refractivity contribution in [2.45, 2.75) is 25.9 Å². The normalized spacial score (nSPS) is 18.9. The summed E-state index contributed by atoms with van der Waals surface area (Å²) >= 11 is 0. The Labute approximate surface area is 199 Å². The monoisotopic (exact) mass is 460 g/mol. The minimum absolute atomic E-state index is 0.124. The zero-order chi connectivity index (χ0) is 24.2. The quantitative estimate of drug-likeness (QED) is 0.589. The van der Waals surface area contributed by atoms with Gasteiger partial charge in [0.25, 0.3) is 5.91 Å². The highest BCUT2D eigenvalue weighted by Gasteiger charge is 2.52. The van der Waals surface area contributed by atoms with Gasteiger partial charge < -0.3 is 19.3 Å². The first kappa shape index (κ1) is 23.3. The second-order valence-electron chi connectivity index (χ2n) is 8.26. The number of fused-ring (bicyclic) bond motifs is 1. The van der Waals surface area contributed by atoms with E-state index in [1.54, 1.807) is 4.90 Å². The fourth-order valence-electron chi connectivity index (χ4n) is 4.82. The summed E-state index contributed by atoms with van der Waals surface area (Å²) in [5, 5.41) is 0. The molecule has 0 unspecified atom stereocenters. The average molecular weight is 461 g/mol. The number of nitrogens with zero attached hydrogens (tertiary/aromatic N) is 2. The second kappa shape index (κ2) is 9.95. The molecular formula is C27H28N2O5. The van der Waals surface area contributed by atoms with Gasteiger partial charge in [0.2, 0.25) is 0 Å². The Balaban J connectivity index is 1.74. The van der Waals surface area contributed by atoms with Crippen molar-refractivity contribution in [2.75, 3.05) is 25.7 Å². The third kappa shape index (κ3) is 4.21. The first-order valence-corrected chi connectivity index (χ1v) is 11.3. The van der Waals surface area contributed by atoms with Crippen LogP contribution in [0.5, 0.6) is 0 Å². The van der Waals surface area contributed by atoms with E-state index >= 15 is 0 Å². The Kier molecular flexibility index (Phi) is 6.82. The van der Waals surface area contributed by atoms with Crippen molar-refractivity contribution in [1.29, 1.82) is 0 Å². The first-order valence-electron chi connectivity index (χ1n) is 11.3. The van der Waals surface area contributed by atoms with Gasteiger partial charge in [0.1, 0.15) is 0 Å². The smallest absolute Gasteiger partial charge is 0.336 e. The number of carbonyl (C=O) groups excluding carboxylic acids is 3. The van der Waals surface area contributed by atoms with Crippen LogP contribution >= 0.6 is 0 Å². The van der Waals surface area contributed by atoms with Gasteiger partial charge in [-0.05, 0) is 31.0 Å². The SMILES string of the molecule is CCN(C(=O)C1=CN(Cc2ccccc2)[C@H]2C(C(=O)OC)=C(C(=O)OC)[C@H]2C1)c1ccccc1. The van der Waals surface area contributed by atoms with Crippen molar-refractivity contribution in [3.63, 3.8) is 0 Å². The van der Waals surface area contributed by atoms with E-state index in [9.17, 15) is 14.4 Å². The number of amides is 1. The molecule has 0 spiro atoms. The molecule has 1 aliphatic carbocycles. The Bertz CT molecular complexity index is 1140. The fraction of sp³-hybridized carbons (Fsp3) is 0.296. The lowest BCUT2D eigenvalue weighted by atomic mass is 9.67. The number of para-hydroxylation sites is 1. The van der Waals surface area contributed by atoms with Crippen LogP contribution in [0.2, 0.25) is 0 Å². The van der Waals surface area contributed by atoms with Gasteiger partial charge in [-0.2, -0.15) is 0 Å². The Morgan fingerprint density at radius 1 is 0.912 bits per heavy atom. The lowest BCUT2D eigenvalue weighted by Crippen LogP contribution is -2.54. The van der Waals surface area contributed by atoms with E-state index in [0.717, 1.165) is 11.3 Å². The van der Waals surface area contributed by atoms with E-state index in [2.05, 4.69) is 0 Å². The summed E-state index contributed by atoms with van der Waals surface area (Å²) in [6, 6.07) is 18.9. The van der Waals surface area contributed by atoms with Crippen molar-refractivity contribution >= 4 is 23.5 Å². The number of methoxy groups -OCH3 is 2. The largest absolute Gasteiger partial charge is 0.466 e. The Morgan fingerprint density at radius 2 is 1.50 bits per heavy atom. The molecule has 1 amide bonds. The minimum Gasteiger partial charge on any atom is -0.466 e. The molecule has 0 bridgehead atoms. The first-order chi connectivity index (χ1) is 16.5. The van der Waals surface area contributed by atoms with Crippen LogP contribution < -0.4 is 4.90 Å². The maximum atomic E-state index is 13.6. The van der Waals surface area contributed by atoms with Crippen LogP contribution in [0.25, 0.3) is 0 Å². The van der Waals surface area contributed by atoms with Gasteiger partial charge in [-0.25, -0.2) is 9.59 Å². The molecule has 2 atom stereocenters. The molecule has 0 radical (unpaired) electrons. The summed E-state index contributed by atoms with van der Waals surface area (Å²) in [5.74, 6) is -1.59. The van der Waals surface area contributed by atoms with Crippen molar-refractivity contribution in [3.8, 4) is 0 Å². The van der Waals surface area contributed by atoms with Crippen LogP contribution in [0.15, 0.2) is 83.6 Å². The molecule has 4 rings (SSSR count). The minimum atomic E-state index is -0.564. The average Bonchev–Trinajstić information content (AvgIpc) is 2.86. The van der Waals surface area contributed by atoms with Crippen LogP contribution in [0.3, 0.4) is 0 Å². The summed E-state index contributed by atoms with van der Waals surface area (Å²) in [4.78, 5) is 42.5. The number of esters is 2. The molecule has 7 nitrogen and oxygen atoms in total. The van der Waals surface area contributed by atoms with E-state index in [1.807, 2.05) is 78.7 Å². The van der Waals surface area contributed by atoms with Gasteiger partial charge in [-0.3, -0.25) is 4.79 Å². The van der Waals surface area contributed by atoms with E-state index in [-0.39, 0.29) is 17.9 Å². The molecule has 1 heterocycles. The highest BCUT2D eigenvalue weighted by atomic mass is 16.5. The van der Waals surface area contributed by atoms with Gasteiger partial charge in [-0.1, -0.05) is 48.5 Å². The lowest BCUT2D eigenvalue weighted by Gasteiger charge is -2.48. The third-order valence-corrected chi connectivity index (χ3v) is 6.38. The molecule has 2 aromatic rings. The molecule has 1 aliphatic heterocycles. The zero-order valence-corrected chi connectivity index (χ0v) is 19.6. The van der Waals surface area contributed by atoms with Crippen LogP contribution in [0.1, 0.15) is 18.9 Å². The highest BCUT2D eigenvalue weighted by molar-refractivity contribution is 6.08. The van der Waals surface area contributed by atoms with Crippen molar-refractivity contribution in [3.05, 3.63) is 89.1 Å². The number of likely N-dealkylation sites (N-methyl/N-ethyl adjacent to an activating group) is 1. The summed E-state index contributed by atoms with van der Waals surface area (Å²) in [6.45, 7) is 2.91. The summed E-state index contributed by atoms with van der Waals surface area (Å²) in [6.07, 6.45) is 2.17. The molecular weight excluding hydrogens is 432 g/mol. The predicted octanol–water partition coefficient (Wildman–Crippen LogP) is 3.47. The number of hydrogen-bond donors (Lipinski definition) is 0. The molecule has 0 saturated carbocycles. The molecule has 176 valence electrons. The summed E-state index contributed by atoms with van der Waals surface area (Å²) < 4.78 is 9.96. The molecule has 0 aromatic heterocycles. The topological polar surface area (TPSA) is 76.2 Å². The highest BCUT2D eigenvalue weighted by Crippen LogP contribution is 2.47. The second-order valence-corrected chi connectivity index (χ2v) is 8.26. The maximum Gasteiger partial charge on any atom is 0.336 e. The number of benzene rings is 2. The molecule has 0 fully saturated rings.